The fourth-order valence-electron chi connectivity index (χ4n) is 2.99. The minimum absolute atomic E-state index is 0.0562. The molecule has 1 aliphatic rings. The fourth-order valence-corrected chi connectivity index (χ4v) is 4.01. The summed E-state index contributed by atoms with van der Waals surface area (Å²) in [4.78, 5) is 12.5. The summed E-state index contributed by atoms with van der Waals surface area (Å²) in [6, 6.07) is 14.0. The first kappa shape index (κ1) is 21.8. The van der Waals surface area contributed by atoms with Crippen LogP contribution in [0.25, 0.3) is 0 Å². The molecule has 1 aliphatic heterocycles. The van der Waals surface area contributed by atoms with Gasteiger partial charge in [-0.3, -0.25) is 4.79 Å². The van der Waals surface area contributed by atoms with Gasteiger partial charge in [0.2, 0.25) is 0 Å². The highest BCUT2D eigenvalue weighted by Gasteiger charge is 2.16. The molecule has 2 N–H and O–H groups in total. The van der Waals surface area contributed by atoms with E-state index in [2.05, 4.69) is 47.9 Å². The molecular weight excluding hydrogens is 398 g/mol. The summed E-state index contributed by atoms with van der Waals surface area (Å²) in [7, 11) is -3.81. The molecule has 0 fully saturated rings. The van der Waals surface area contributed by atoms with Crippen molar-refractivity contribution in [3.63, 3.8) is 0 Å². The number of sulfonamides is 1. The van der Waals surface area contributed by atoms with Gasteiger partial charge in [0.05, 0.1) is 4.90 Å². The summed E-state index contributed by atoms with van der Waals surface area (Å²) in [5.74, 6) is 0.154. The summed E-state index contributed by atoms with van der Waals surface area (Å²) in [6.45, 7) is 6.86. The third-order valence-corrected chi connectivity index (χ3v) is 6.16. The molecule has 0 aromatic heterocycles. The molecule has 1 amide bonds. The molecule has 3 rings (SSSR count). The van der Waals surface area contributed by atoms with E-state index in [9.17, 15) is 13.2 Å². The second-order valence-corrected chi connectivity index (χ2v) is 9.86. The number of hydrogen-bond donors (Lipinski definition) is 2. The number of carbonyl (C=O) groups excluding carboxylic acids is 1. The van der Waals surface area contributed by atoms with Crippen molar-refractivity contribution in [3.8, 4) is 0 Å². The molecule has 2 aromatic carbocycles. The highest BCUT2D eigenvalue weighted by atomic mass is 32.2. The first-order valence-electron chi connectivity index (χ1n) is 9.88. The largest absolute Gasteiger partial charge is 0.350 e. The average molecular weight is 426 g/mol. The Labute approximate surface area is 178 Å². The standard InChI is InChI=1S/C23H27N3O3S/c1-23(2,3)19-11-7-17(8-12-19)16-25-22(27)18-9-13-20(14-10-18)30(28,29)26-21-6-4-5-15-24-21/h5,7-15H,4,6,16H2,1-3H3,(H,24,26)(H,25,27). The lowest BCUT2D eigenvalue weighted by Crippen LogP contribution is -2.23. The number of carbonyl (C=O) groups is 1. The lowest BCUT2D eigenvalue weighted by atomic mass is 9.87. The number of amidine groups is 1. The van der Waals surface area contributed by atoms with Crippen molar-refractivity contribution in [2.75, 3.05) is 0 Å². The molecule has 2 aromatic rings. The van der Waals surface area contributed by atoms with E-state index in [0.717, 1.165) is 12.0 Å². The quantitative estimate of drug-likeness (QED) is 0.761. The van der Waals surface area contributed by atoms with Gasteiger partial charge in [0.15, 0.2) is 0 Å². The topological polar surface area (TPSA) is 87.6 Å². The van der Waals surface area contributed by atoms with Crippen LogP contribution in [0.1, 0.15) is 55.1 Å². The molecule has 158 valence electrons. The van der Waals surface area contributed by atoms with Crippen LogP contribution in [-0.4, -0.2) is 20.2 Å². The van der Waals surface area contributed by atoms with Gasteiger partial charge < -0.3 is 10.6 Å². The van der Waals surface area contributed by atoms with Crippen molar-refractivity contribution in [1.29, 1.82) is 0 Å². The van der Waals surface area contributed by atoms with Gasteiger partial charge in [-0.25, -0.2) is 0 Å². The zero-order chi connectivity index (χ0) is 21.8. The van der Waals surface area contributed by atoms with Gasteiger partial charge in [-0.1, -0.05) is 51.1 Å². The fraction of sp³-hybridized carbons (Fsp3) is 0.304. The monoisotopic (exact) mass is 425 g/mol. The molecule has 0 atom stereocenters. The van der Waals surface area contributed by atoms with Crippen LogP contribution in [0.3, 0.4) is 0 Å². The summed E-state index contributed by atoms with van der Waals surface area (Å²) in [5, 5.41) is 5.71. The van der Waals surface area contributed by atoms with Gasteiger partial charge in [0, 0.05) is 18.5 Å². The van der Waals surface area contributed by atoms with E-state index >= 15 is 0 Å². The predicted octanol–water partition coefficient (Wildman–Crippen LogP) is 3.90. The number of amides is 1. The highest BCUT2D eigenvalue weighted by molar-refractivity contribution is 7.90. The second kappa shape index (κ2) is 8.83. The Morgan fingerprint density at radius 3 is 2.30 bits per heavy atom. The molecule has 1 heterocycles. The van der Waals surface area contributed by atoms with Crippen LogP contribution in [0.4, 0.5) is 0 Å². The van der Waals surface area contributed by atoms with Crippen LogP contribution < -0.4 is 10.6 Å². The zero-order valence-corrected chi connectivity index (χ0v) is 18.3. The maximum Gasteiger partial charge on any atom is 0.283 e. The zero-order valence-electron chi connectivity index (χ0n) is 17.5. The number of nitrogens with one attached hydrogen (secondary N) is 2. The van der Waals surface area contributed by atoms with Crippen molar-refractivity contribution < 1.29 is 13.2 Å². The Balaban J connectivity index is 1.63. The van der Waals surface area contributed by atoms with Gasteiger partial charge in [-0.15, -0.1) is 4.40 Å². The third-order valence-electron chi connectivity index (χ3n) is 4.83. The minimum Gasteiger partial charge on any atom is -0.350 e. The van der Waals surface area contributed by atoms with E-state index in [-0.39, 0.29) is 16.2 Å². The number of allylic oxidation sites excluding steroid dienone is 1. The summed E-state index contributed by atoms with van der Waals surface area (Å²) in [6.07, 6.45) is 4.90. The van der Waals surface area contributed by atoms with Crippen LogP contribution in [0.5, 0.6) is 0 Å². The normalized spacial score (nSPS) is 15.6. The van der Waals surface area contributed by atoms with Gasteiger partial charge in [-0.2, -0.15) is 8.42 Å². The minimum atomic E-state index is -3.81. The van der Waals surface area contributed by atoms with E-state index in [4.69, 9.17) is 0 Å². The Kier molecular flexibility index (Phi) is 6.41. The highest BCUT2D eigenvalue weighted by Crippen LogP contribution is 2.22. The van der Waals surface area contributed by atoms with Gasteiger partial charge in [-0.05, 0) is 53.4 Å². The van der Waals surface area contributed by atoms with Gasteiger partial charge >= 0.3 is 0 Å². The maximum atomic E-state index is 12.4. The Bertz CT molecular complexity index is 1060. The summed E-state index contributed by atoms with van der Waals surface area (Å²) >= 11 is 0. The van der Waals surface area contributed by atoms with E-state index in [1.165, 1.54) is 29.8 Å². The van der Waals surface area contributed by atoms with Crippen molar-refractivity contribution >= 4 is 21.8 Å². The molecule has 6 nitrogen and oxygen atoms in total. The molecule has 0 spiro atoms. The summed E-state index contributed by atoms with van der Waals surface area (Å²) < 4.78 is 28.7. The van der Waals surface area contributed by atoms with Crippen molar-refractivity contribution in [3.05, 3.63) is 77.5 Å². The average Bonchev–Trinajstić information content (AvgIpc) is 2.72. The lowest BCUT2D eigenvalue weighted by molar-refractivity contribution is 0.0951. The smallest absolute Gasteiger partial charge is 0.283 e. The molecule has 0 bridgehead atoms. The van der Waals surface area contributed by atoms with E-state index in [1.54, 1.807) is 6.20 Å². The van der Waals surface area contributed by atoms with E-state index in [1.807, 2.05) is 18.2 Å². The number of nitrogens with zero attached hydrogens (tertiary/aromatic N) is 1. The van der Waals surface area contributed by atoms with Crippen LogP contribution in [0.15, 0.2) is 70.1 Å². The number of hydrogen-bond acceptors (Lipinski definition) is 3. The molecule has 0 radical (unpaired) electrons. The van der Waals surface area contributed by atoms with Gasteiger partial charge in [0.25, 0.3) is 15.9 Å². The Morgan fingerprint density at radius 2 is 1.73 bits per heavy atom. The Morgan fingerprint density at radius 1 is 1.07 bits per heavy atom. The Hall–Kier alpha value is -2.93. The van der Waals surface area contributed by atoms with Crippen LogP contribution >= 0.6 is 0 Å². The van der Waals surface area contributed by atoms with Crippen LogP contribution in [-0.2, 0) is 22.0 Å². The van der Waals surface area contributed by atoms with Crippen LogP contribution in [0, 0.1) is 0 Å². The first-order valence-corrected chi connectivity index (χ1v) is 11.3. The van der Waals surface area contributed by atoms with Crippen LogP contribution in [0.2, 0.25) is 0 Å². The molecule has 0 unspecified atom stereocenters. The SMILES string of the molecule is CC(C)(C)c1ccc(CNC(=O)c2ccc(S(=O)(=O)/N=C3\CCC=CN3)cc2)cc1. The van der Waals surface area contributed by atoms with Crippen molar-refractivity contribution in [2.24, 2.45) is 4.40 Å². The molecule has 30 heavy (non-hydrogen) atoms. The lowest BCUT2D eigenvalue weighted by Gasteiger charge is -2.19. The molecule has 0 saturated heterocycles. The van der Waals surface area contributed by atoms with Crippen molar-refractivity contribution in [2.45, 2.75) is 50.5 Å². The second-order valence-electron chi connectivity index (χ2n) is 8.25. The molecule has 0 aliphatic carbocycles. The third kappa shape index (κ3) is 5.57. The van der Waals surface area contributed by atoms with E-state index in [0.29, 0.717) is 24.4 Å². The van der Waals surface area contributed by atoms with Gasteiger partial charge in [0.1, 0.15) is 5.84 Å². The van der Waals surface area contributed by atoms with Crippen molar-refractivity contribution in [1.82, 2.24) is 10.6 Å². The molecular formula is C23H27N3O3S. The van der Waals surface area contributed by atoms with E-state index < -0.39 is 10.0 Å². The maximum absolute atomic E-state index is 12.4. The predicted molar refractivity (Wildman–Crippen MR) is 119 cm³/mol. The molecule has 7 heteroatoms. The summed E-state index contributed by atoms with van der Waals surface area (Å²) in [5.41, 5.74) is 2.71. The molecule has 0 saturated carbocycles. The number of rotatable bonds is 5. The number of benzene rings is 2. The first-order chi connectivity index (χ1) is 14.1.